The van der Waals surface area contributed by atoms with Crippen molar-refractivity contribution in [1.82, 2.24) is 20.3 Å². The number of thiazole rings is 2. The second-order valence-electron chi connectivity index (χ2n) is 8.33. The lowest BCUT2D eigenvalue weighted by Crippen LogP contribution is -2.59. The number of nitrogens with one attached hydrogen (secondary N) is 2. The number of carbonyl (C=O) groups excluding carboxylic acids is 1. The van der Waals surface area contributed by atoms with Gasteiger partial charge in [-0.15, -0.1) is 22.7 Å². The molecule has 0 aliphatic heterocycles. The first kappa shape index (κ1) is 24.6. The van der Waals surface area contributed by atoms with Gasteiger partial charge in [-0.05, 0) is 38.8 Å². The van der Waals surface area contributed by atoms with E-state index in [0.29, 0.717) is 28.8 Å². The highest BCUT2D eigenvalue weighted by Crippen LogP contribution is 2.41. The molecule has 0 aromatic carbocycles. The SMILES string of the molecule is Cc1nc([C@H](C)O)sc1-c1csc(Nc2ccc(C(=O)NC3(C(F)(F)F)CCCCC3)cn2)n1. The molecule has 4 rings (SSSR count). The first-order valence-electron chi connectivity index (χ1n) is 10.8. The van der Waals surface area contributed by atoms with Crippen molar-refractivity contribution < 1.29 is 23.1 Å². The number of hydrogen-bond acceptors (Lipinski definition) is 8. The third kappa shape index (κ3) is 5.08. The number of carbonyl (C=O) groups is 1. The molecule has 1 fully saturated rings. The zero-order valence-electron chi connectivity index (χ0n) is 18.6. The van der Waals surface area contributed by atoms with E-state index in [2.05, 4.69) is 25.6 Å². The van der Waals surface area contributed by atoms with E-state index in [1.54, 1.807) is 6.92 Å². The number of aryl methyl sites for hydroxylation is 1. The molecule has 3 aromatic heterocycles. The van der Waals surface area contributed by atoms with Gasteiger partial charge in [0.25, 0.3) is 5.91 Å². The molecule has 182 valence electrons. The van der Waals surface area contributed by atoms with Crippen molar-refractivity contribution in [3.05, 3.63) is 40.0 Å². The highest BCUT2D eigenvalue weighted by Gasteiger charge is 2.55. The number of nitrogens with zero attached hydrogens (tertiary/aromatic N) is 3. The van der Waals surface area contributed by atoms with Crippen molar-refractivity contribution in [3.8, 4) is 10.6 Å². The lowest BCUT2D eigenvalue weighted by molar-refractivity contribution is -0.201. The fourth-order valence-electron chi connectivity index (χ4n) is 3.90. The minimum atomic E-state index is -4.51. The summed E-state index contributed by atoms with van der Waals surface area (Å²) < 4.78 is 41.1. The molecule has 3 aromatic rings. The normalized spacial score (nSPS) is 16.8. The van der Waals surface area contributed by atoms with Gasteiger partial charge in [-0.2, -0.15) is 13.2 Å². The van der Waals surface area contributed by atoms with Gasteiger partial charge in [0.2, 0.25) is 0 Å². The minimum Gasteiger partial charge on any atom is -0.386 e. The van der Waals surface area contributed by atoms with Gasteiger partial charge in [0.15, 0.2) is 5.13 Å². The van der Waals surface area contributed by atoms with Gasteiger partial charge in [0, 0.05) is 11.6 Å². The van der Waals surface area contributed by atoms with E-state index in [9.17, 15) is 23.1 Å². The second-order valence-corrected chi connectivity index (χ2v) is 10.2. The number of halogens is 3. The van der Waals surface area contributed by atoms with Crippen LogP contribution in [0.25, 0.3) is 10.6 Å². The molecule has 1 atom stereocenters. The van der Waals surface area contributed by atoms with E-state index < -0.39 is 23.7 Å². The summed E-state index contributed by atoms with van der Waals surface area (Å²) in [6.07, 6.45) is -2.54. The predicted octanol–water partition coefficient (Wildman–Crippen LogP) is 5.76. The van der Waals surface area contributed by atoms with Crippen LogP contribution in [0.1, 0.15) is 66.2 Å². The summed E-state index contributed by atoms with van der Waals surface area (Å²) in [5.41, 5.74) is -0.624. The molecule has 1 aliphatic rings. The topological polar surface area (TPSA) is 100 Å². The Kier molecular flexibility index (Phi) is 6.92. The van der Waals surface area contributed by atoms with Crippen LogP contribution in [0, 0.1) is 6.92 Å². The van der Waals surface area contributed by atoms with E-state index in [4.69, 9.17) is 0 Å². The summed E-state index contributed by atoms with van der Waals surface area (Å²) in [5, 5.41) is 18.1. The Balaban J connectivity index is 1.44. The molecule has 0 spiro atoms. The molecule has 1 aliphatic carbocycles. The van der Waals surface area contributed by atoms with Gasteiger partial charge in [-0.1, -0.05) is 19.3 Å². The highest BCUT2D eigenvalue weighted by molar-refractivity contribution is 7.17. The third-order valence-corrected chi connectivity index (χ3v) is 7.88. The summed E-state index contributed by atoms with van der Waals surface area (Å²) in [5.74, 6) is -0.379. The molecule has 3 N–H and O–H groups in total. The number of amides is 1. The smallest absolute Gasteiger partial charge is 0.386 e. The monoisotopic (exact) mass is 511 g/mol. The largest absolute Gasteiger partial charge is 0.411 e. The van der Waals surface area contributed by atoms with Crippen LogP contribution in [0.4, 0.5) is 24.1 Å². The van der Waals surface area contributed by atoms with Gasteiger partial charge in [-0.3, -0.25) is 4.79 Å². The van der Waals surface area contributed by atoms with Crippen LogP contribution in [0.3, 0.4) is 0 Å². The Hall–Kier alpha value is -2.57. The maximum atomic E-state index is 13.7. The van der Waals surface area contributed by atoms with Crippen molar-refractivity contribution >= 4 is 39.5 Å². The van der Waals surface area contributed by atoms with Gasteiger partial charge < -0.3 is 15.7 Å². The van der Waals surface area contributed by atoms with Crippen molar-refractivity contribution in [2.24, 2.45) is 0 Å². The molecule has 1 amide bonds. The van der Waals surface area contributed by atoms with Crippen molar-refractivity contribution in [3.63, 3.8) is 0 Å². The van der Waals surface area contributed by atoms with Crippen LogP contribution in [0.2, 0.25) is 0 Å². The molecule has 0 radical (unpaired) electrons. The number of aromatic nitrogens is 3. The lowest BCUT2D eigenvalue weighted by Gasteiger charge is -2.39. The molecule has 7 nitrogen and oxygen atoms in total. The Morgan fingerprint density at radius 2 is 1.94 bits per heavy atom. The number of hydrogen-bond donors (Lipinski definition) is 3. The summed E-state index contributed by atoms with van der Waals surface area (Å²) in [6.45, 7) is 3.51. The molecule has 0 bridgehead atoms. The predicted molar refractivity (Wildman–Crippen MR) is 125 cm³/mol. The fraction of sp³-hybridized carbons (Fsp3) is 0.455. The van der Waals surface area contributed by atoms with Gasteiger partial charge in [-0.25, -0.2) is 15.0 Å². The van der Waals surface area contributed by atoms with Crippen LogP contribution in [0.5, 0.6) is 0 Å². The number of anilines is 2. The highest BCUT2D eigenvalue weighted by atomic mass is 32.1. The molecule has 0 unspecified atom stereocenters. The second kappa shape index (κ2) is 9.59. The molecule has 0 saturated heterocycles. The maximum Gasteiger partial charge on any atom is 0.411 e. The van der Waals surface area contributed by atoms with Crippen molar-refractivity contribution in [2.75, 3.05) is 5.32 Å². The molecule has 3 heterocycles. The number of alkyl halides is 3. The quantitative estimate of drug-likeness (QED) is 0.389. The summed E-state index contributed by atoms with van der Waals surface area (Å²) >= 11 is 2.73. The van der Waals surface area contributed by atoms with Crippen LogP contribution in [0.15, 0.2) is 23.7 Å². The van der Waals surface area contributed by atoms with Crippen LogP contribution in [-0.4, -0.2) is 37.7 Å². The average Bonchev–Trinajstić information content (AvgIpc) is 3.40. The molecule has 34 heavy (non-hydrogen) atoms. The van der Waals surface area contributed by atoms with Crippen LogP contribution in [-0.2, 0) is 0 Å². The number of aliphatic hydroxyl groups excluding tert-OH is 1. The van der Waals surface area contributed by atoms with E-state index >= 15 is 0 Å². The molecule has 12 heteroatoms. The Bertz CT molecular complexity index is 1150. The summed E-state index contributed by atoms with van der Waals surface area (Å²) in [4.78, 5) is 26.5. The number of aliphatic hydroxyl groups is 1. The zero-order valence-corrected chi connectivity index (χ0v) is 20.2. The Morgan fingerprint density at radius 1 is 1.21 bits per heavy atom. The first-order valence-corrected chi connectivity index (χ1v) is 12.5. The Morgan fingerprint density at radius 3 is 2.53 bits per heavy atom. The first-order chi connectivity index (χ1) is 16.1. The van der Waals surface area contributed by atoms with E-state index in [-0.39, 0.29) is 18.4 Å². The zero-order chi connectivity index (χ0) is 24.5. The van der Waals surface area contributed by atoms with Crippen molar-refractivity contribution in [2.45, 2.75) is 63.8 Å². The Labute approximate surface area is 202 Å². The van der Waals surface area contributed by atoms with Gasteiger partial charge in [0.05, 0.1) is 21.8 Å². The minimum absolute atomic E-state index is 0.0607. The van der Waals surface area contributed by atoms with Gasteiger partial charge in [0.1, 0.15) is 22.5 Å². The van der Waals surface area contributed by atoms with E-state index in [1.165, 1.54) is 41.0 Å². The molecular formula is C22H24F3N5O2S2. The maximum absolute atomic E-state index is 13.7. The van der Waals surface area contributed by atoms with E-state index in [1.807, 2.05) is 12.3 Å². The molecule has 1 saturated carbocycles. The summed E-state index contributed by atoms with van der Waals surface area (Å²) in [6, 6.07) is 2.97. The standard InChI is InChI=1S/C22H24F3N5O2S2/c1-12-17(34-19(27-12)13(2)31)15-11-33-20(28-15)29-16-7-6-14(10-26-16)18(32)30-21(22(23,24)25)8-4-3-5-9-21/h6-7,10-11,13,31H,3-5,8-9H2,1-2H3,(H,30,32)(H,26,28,29)/t13-/m0/s1. The van der Waals surface area contributed by atoms with Crippen LogP contribution < -0.4 is 10.6 Å². The van der Waals surface area contributed by atoms with E-state index in [0.717, 1.165) is 22.7 Å². The van der Waals surface area contributed by atoms with Crippen LogP contribution >= 0.6 is 22.7 Å². The number of pyridine rings is 1. The summed E-state index contributed by atoms with van der Waals surface area (Å²) in [7, 11) is 0. The average molecular weight is 512 g/mol. The number of rotatable bonds is 6. The fourth-order valence-corrected chi connectivity index (χ4v) is 5.65. The molecular weight excluding hydrogens is 487 g/mol. The van der Waals surface area contributed by atoms with Crippen molar-refractivity contribution in [1.29, 1.82) is 0 Å². The van der Waals surface area contributed by atoms with Gasteiger partial charge >= 0.3 is 6.18 Å². The third-order valence-electron chi connectivity index (χ3n) is 5.77. The lowest BCUT2D eigenvalue weighted by atomic mass is 9.81.